The summed E-state index contributed by atoms with van der Waals surface area (Å²) in [7, 11) is 0. The fourth-order valence-electron chi connectivity index (χ4n) is 1.78. The molecule has 1 saturated carbocycles. The van der Waals surface area contributed by atoms with Crippen LogP contribution in [0.5, 0.6) is 0 Å². The van der Waals surface area contributed by atoms with Gasteiger partial charge in [-0.1, -0.05) is 0 Å². The van der Waals surface area contributed by atoms with E-state index in [9.17, 15) is 4.79 Å². The summed E-state index contributed by atoms with van der Waals surface area (Å²) in [4.78, 5) is 15.4. The number of carboxylic acids is 1. The van der Waals surface area contributed by atoms with Crippen LogP contribution < -0.4 is 0 Å². The molecule has 1 N–H and O–H groups in total. The van der Waals surface area contributed by atoms with Crippen molar-refractivity contribution in [3.63, 3.8) is 0 Å². The van der Waals surface area contributed by atoms with Crippen molar-refractivity contribution in [1.82, 2.24) is 14.6 Å². The predicted octanol–water partition coefficient (Wildman–Crippen LogP) is 0.846. The van der Waals surface area contributed by atoms with E-state index in [4.69, 9.17) is 5.11 Å². The third kappa shape index (κ3) is 1.06. The van der Waals surface area contributed by atoms with Crippen molar-refractivity contribution in [1.29, 1.82) is 0 Å². The Bertz CT molecular complexity index is 542. The normalized spacial score (nSPS) is 17.9. The molecule has 2 heterocycles. The predicted molar refractivity (Wildman–Crippen MR) is 51.5 cm³/mol. The molecule has 0 saturated heterocycles. The van der Waals surface area contributed by atoms with E-state index in [1.54, 1.807) is 29.0 Å². The lowest BCUT2D eigenvalue weighted by Crippen LogP contribution is -2.21. The van der Waals surface area contributed by atoms with Crippen molar-refractivity contribution < 1.29 is 9.90 Å². The number of fused-ring (bicyclic) bond motifs is 1. The van der Waals surface area contributed by atoms with Crippen molar-refractivity contribution in [2.24, 2.45) is 0 Å². The van der Waals surface area contributed by atoms with Gasteiger partial charge in [-0.15, -0.1) is 0 Å². The summed E-state index contributed by atoms with van der Waals surface area (Å²) in [6.07, 6.45) is 4.76. The fraction of sp³-hybridized carbons (Fsp3) is 0.300. The Labute approximate surface area is 85.4 Å². The molecule has 76 valence electrons. The van der Waals surface area contributed by atoms with Crippen LogP contribution in [0.15, 0.2) is 24.5 Å². The number of hydrogen-bond donors (Lipinski definition) is 1. The molecular weight excluding hydrogens is 194 g/mol. The maximum atomic E-state index is 11.1. The van der Waals surface area contributed by atoms with Gasteiger partial charge in [0.25, 0.3) is 0 Å². The van der Waals surface area contributed by atoms with E-state index in [0.29, 0.717) is 24.2 Å². The Hall–Kier alpha value is -1.91. The zero-order valence-electron chi connectivity index (χ0n) is 7.92. The van der Waals surface area contributed by atoms with Gasteiger partial charge in [-0.05, 0) is 18.9 Å². The fourth-order valence-corrected chi connectivity index (χ4v) is 1.78. The van der Waals surface area contributed by atoms with Crippen LogP contribution in [0.25, 0.3) is 5.65 Å². The van der Waals surface area contributed by atoms with Gasteiger partial charge in [0.1, 0.15) is 5.41 Å². The molecule has 3 rings (SSSR count). The molecule has 0 aromatic carbocycles. The molecule has 0 amide bonds. The third-order valence-corrected chi connectivity index (χ3v) is 2.91. The highest BCUT2D eigenvalue weighted by Gasteiger charge is 2.53. The van der Waals surface area contributed by atoms with Crippen molar-refractivity contribution in [2.75, 3.05) is 0 Å². The van der Waals surface area contributed by atoms with Gasteiger partial charge in [-0.25, -0.2) is 9.50 Å². The van der Waals surface area contributed by atoms with Crippen LogP contribution in [0, 0.1) is 0 Å². The summed E-state index contributed by atoms with van der Waals surface area (Å²) in [5, 5.41) is 13.1. The number of hydrogen-bond acceptors (Lipinski definition) is 3. The topological polar surface area (TPSA) is 67.5 Å². The van der Waals surface area contributed by atoms with Gasteiger partial charge in [0.05, 0.1) is 11.9 Å². The number of carbonyl (C=O) groups is 1. The summed E-state index contributed by atoms with van der Waals surface area (Å²) in [5.41, 5.74) is 0.606. The Morgan fingerprint density at radius 2 is 2.27 bits per heavy atom. The van der Waals surface area contributed by atoms with Gasteiger partial charge < -0.3 is 5.11 Å². The zero-order chi connectivity index (χ0) is 10.5. The summed E-state index contributed by atoms with van der Waals surface area (Å²) in [6, 6.07) is 3.50. The van der Waals surface area contributed by atoms with Crippen molar-refractivity contribution >= 4 is 11.6 Å². The van der Waals surface area contributed by atoms with Crippen LogP contribution in [0.3, 0.4) is 0 Å². The third-order valence-electron chi connectivity index (χ3n) is 2.91. The first kappa shape index (κ1) is 8.40. The molecule has 0 atom stereocenters. The van der Waals surface area contributed by atoms with E-state index in [1.807, 2.05) is 0 Å². The molecule has 15 heavy (non-hydrogen) atoms. The minimum absolute atomic E-state index is 0.642. The van der Waals surface area contributed by atoms with Crippen molar-refractivity contribution in [3.8, 4) is 0 Å². The SMILES string of the molecule is O=C(O)C1(c2ccn3nccc3n2)CC1. The molecule has 5 heteroatoms. The number of nitrogens with zero attached hydrogens (tertiary/aromatic N) is 3. The molecule has 0 spiro atoms. The highest BCUT2D eigenvalue weighted by Crippen LogP contribution is 2.47. The van der Waals surface area contributed by atoms with Crippen LogP contribution >= 0.6 is 0 Å². The van der Waals surface area contributed by atoms with Crippen LogP contribution in [0.1, 0.15) is 18.5 Å². The summed E-state index contributed by atoms with van der Waals surface area (Å²) >= 11 is 0. The molecule has 0 radical (unpaired) electrons. The molecule has 1 fully saturated rings. The van der Waals surface area contributed by atoms with E-state index in [-0.39, 0.29) is 0 Å². The van der Waals surface area contributed by atoms with Crippen molar-refractivity contribution in [3.05, 3.63) is 30.2 Å². The second-order valence-electron chi connectivity index (χ2n) is 3.83. The lowest BCUT2D eigenvalue weighted by molar-refractivity contribution is -0.140. The van der Waals surface area contributed by atoms with Crippen LogP contribution in [0.4, 0.5) is 0 Å². The minimum atomic E-state index is -0.779. The van der Waals surface area contributed by atoms with Gasteiger partial charge in [0.2, 0.25) is 0 Å². The second kappa shape index (κ2) is 2.56. The first-order valence-corrected chi connectivity index (χ1v) is 4.77. The highest BCUT2D eigenvalue weighted by atomic mass is 16.4. The summed E-state index contributed by atoms with van der Waals surface area (Å²) < 4.78 is 1.63. The number of aromatic nitrogens is 3. The number of aliphatic carboxylic acids is 1. The van der Waals surface area contributed by atoms with E-state index in [2.05, 4.69) is 10.1 Å². The molecular formula is C10H9N3O2. The summed E-state index contributed by atoms with van der Waals surface area (Å²) in [5.74, 6) is -0.779. The largest absolute Gasteiger partial charge is 0.481 e. The van der Waals surface area contributed by atoms with Gasteiger partial charge >= 0.3 is 5.97 Å². The van der Waals surface area contributed by atoms with E-state index in [1.165, 1.54) is 0 Å². The number of rotatable bonds is 2. The standard InChI is InChI=1S/C10H9N3O2/c14-9(15)10(3-4-10)7-2-6-13-8(12-7)1-5-11-13/h1-2,5-6H,3-4H2,(H,14,15). The van der Waals surface area contributed by atoms with Gasteiger partial charge in [0.15, 0.2) is 5.65 Å². The molecule has 2 aromatic heterocycles. The van der Waals surface area contributed by atoms with Crippen LogP contribution in [-0.2, 0) is 10.2 Å². The Morgan fingerprint density at radius 3 is 2.93 bits per heavy atom. The average Bonchev–Trinajstić information content (AvgIpc) is 2.91. The minimum Gasteiger partial charge on any atom is -0.481 e. The first-order chi connectivity index (χ1) is 7.22. The molecule has 0 bridgehead atoms. The average molecular weight is 203 g/mol. The zero-order valence-corrected chi connectivity index (χ0v) is 7.92. The molecule has 0 aliphatic heterocycles. The molecule has 5 nitrogen and oxygen atoms in total. The monoisotopic (exact) mass is 203 g/mol. The van der Waals surface area contributed by atoms with E-state index >= 15 is 0 Å². The maximum Gasteiger partial charge on any atom is 0.315 e. The van der Waals surface area contributed by atoms with E-state index in [0.717, 1.165) is 0 Å². The molecule has 1 aliphatic rings. The second-order valence-corrected chi connectivity index (χ2v) is 3.83. The lowest BCUT2D eigenvalue weighted by atomic mass is 10.0. The quantitative estimate of drug-likeness (QED) is 0.785. The summed E-state index contributed by atoms with van der Waals surface area (Å²) in [6.45, 7) is 0. The smallest absolute Gasteiger partial charge is 0.315 e. The van der Waals surface area contributed by atoms with E-state index < -0.39 is 11.4 Å². The maximum absolute atomic E-state index is 11.1. The van der Waals surface area contributed by atoms with Crippen LogP contribution in [0.2, 0.25) is 0 Å². The Kier molecular flexibility index (Phi) is 1.44. The molecule has 1 aliphatic carbocycles. The van der Waals surface area contributed by atoms with Gasteiger partial charge in [0, 0.05) is 12.3 Å². The number of carboxylic acid groups (broad SMARTS) is 1. The molecule has 0 unspecified atom stereocenters. The Morgan fingerprint density at radius 1 is 1.47 bits per heavy atom. The van der Waals surface area contributed by atoms with Crippen LogP contribution in [-0.4, -0.2) is 25.7 Å². The van der Waals surface area contributed by atoms with Gasteiger partial charge in [-0.3, -0.25) is 4.79 Å². The molecule has 2 aromatic rings. The highest BCUT2D eigenvalue weighted by molar-refractivity contribution is 5.84. The lowest BCUT2D eigenvalue weighted by Gasteiger charge is -2.08. The first-order valence-electron chi connectivity index (χ1n) is 4.77. The van der Waals surface area contributed by atoms with Gasteiger partial charge in [-0.2, -0.15) is 5.10 Å². The van der Waals surface area contributed by atoms with Crippen molar-refractivity contribution in [2.45, 2.75) is 18.3 Å². The Balaban J connectivity index is 2.15.